The molecule has 0 fully saturated rings. The lowest BCUT2D eigenvalue weighted by molar-refractivity contribution is 0.0997. The predicted molar refractivity (Wildman–Crippen MR) is 112 cm³/mol. The molecule has 0 N–H and O–H groups in total. The number of thiazole rings is 1. The molecule has 7 nitrogen and oxygen atoms in total. The summed E-state index contributed by atoms with van der Waals surface area (Å²) in [6.07, 6.45) is 0. The Kier molecular flexibility index (Phi) is 6.90. The molecular formula is C21H24N2O5S. The van der Waals surface area contributed by atoms with Gasteiger partial charge in [-0.05, 0) is 37.3 Å². The molecule has 3 aromatic rings. The first-order valence-corrected chi connectivity index (χ1v) is 9.99. The summed E-state index contributed by atoms with van der Waals surface area (Å²) in [5.74, 6) is 1.44. The van der Waals surface area contributed by atoms with E-state index in [1.807, 2.05) is 29.7 Å². The van der Waals surface area contributed by atoms with Crippen LogP contribution in [0.25, 0.3) is 10.2 Å². The van der Waals surface area contributed by atoms with E-state index < -0.39 is 0 Å². The van der Waals surface area contributed by atoms with Crippen LogP contribution in [0.15, 0.2) is 41.4 Å². The molecule has 29 heavy (non-hydrogen) atoms. The highest BCUT2D eigenvalue weighted by Crippen LogP contribution is 2.29. The van der Waals surface area contributed by atoms with E-state index >= 15 is 0 Å². The Morgan fingerprint density at radius 3 is 2.55 bits per heavy atom. The van der Waals surface area contributed by atoms with Crippen molar-refractivity contribution in [3.05, 3.63) is 46.8 Å². The van der Waals surface area contributed by atoms with Gasteiger partial charge in [0.2, 0.25) is 0 Å². The zero-order valence-electron chi connectivity index (χ0n) is 16.9. The molecule has 0 unspecified atom stereocenters. The van der Waals surface area contributed by atoms with Crippen LogP contribution < -0.4 is 19.0 Å². The second kappa shape index (κ2) is 9.58. The number of rotatable bonds is 8. The van der Waals surface area contributed by atoms with Crippen LogP contribution in [0.2, 0.25) is 0 Å². The Labute approximate surface area is 173 Å². The van der Waals surface area contributed by atoms with E-state index in [1.165, 1.54) is 18.4 Å². The Hall–Kier alpha value is -2.84. The molecule has 2 aromatic carbocycles. The van der Waals surface area contributed by atoms with Crippen molar-refractivity contribution in [1.82, 2.24) is 4.57 Å². The number of methoxy groups -OCH3 is 3. The average molecular weight is 416 g/mol. The van der Waals surface area contributed by atoms with Crippen molar-refractivity contribution in [2.75, 3.05) is 34.5 Å². The third-order valence-electron chi connectivity index (χ3n) is 4.31. The van der Waals surface area contributed by atoms with E-state index in [9.17, 15) is 4.79 Å². The van der Waals surface area contributed by atoms with Gasteiger partial charge in [0.1, 0.15) is 11.3 Å². The molecule has 0 aliphatic rings. The maximum absolute atomic E-state index is 12.9. The first kappa shape index (κ1) is 20.9. The average Bonchev–Trinajstić information content (AvgIpc) is 3.09. The fourth-order valence-corrected chi connectivity index (χ4v) is 4.04. The largest absolute Gasteiger partial charge is 0.493 e. The lowest BCUT2D eigenvalue weighted by Gasteiger charge is -2.09. The first-order chi connectivity index (χ1) is 14.1. The minimum Gasteiger partial charge on any atom is -0.493 e. The van der Waals surface area contributed by atoms with E-state index in [-0.39, 0.29) is 5.91 Å². The van der Waals surface area contributed by atoms with Gasteiger partial charge in [0.05, 0.1) is 32.1 Å². The molecule has 0 atom stereocenters. The number of para-hydroxylation sites is 1. The standard InChI is InChI=1S/C21H24N2O5S/c1-5-28-16-7-6-8-18-19(16)23(11-12-25-2)21(29-18)22-20(24)14-9-10-15(26-3)17(13-14)27-4/h6-10,13H,5,11-12H2,1-4H3. The van der Waals surface area contributed by atoms with E-state index in [0.29, 0.717) is 41.6 Å². The highest BCUT2D eigenvalue weighted by molar-refractivity contribution is 7.16. The fraction of sp³-hybridized carbons (Fsp3) is 0.333. The molecule has 1 aromatic heterocycles. The minimum atomic E-state index is -0.360. The molecule has 1 amide bonds. The topological polar surface area (TPSA) is 71.3 Å². The van der Waals surface area contributed by atoms with Crippen molar-refractivity contribution in [2.45, 2.75) is 13.5 Å². The number of benzene rings is 2. The van der Waals surface area contributed by atoms with E-state index in [0.717, 1.165) is 16.0 Å². The van der Waals surface area contributed by atoms with E-state index in [1.54, 1.807) is 32.4 Å². The van der Waals surface area contributed by atoms with Crippen LogP contribution in [0.1, 0.15) is 17.3 Å². The Morgan fingerprint density at radius 1 is 1.07 bits per heavy atom. The summed E-state index contributed by atoms with van der Waals surface area (Å²) in [5, 5.41) is 0. The van der Waals surface area contributed by atoms with Gasteiger partial charge in [-0.1, -0.05) is 17.4 Å². The Balaban J connectivity index is 2.11. The molecular weight excluding hydrogens is 392 g/mol. The molecule has 0 bridgehead atoms. The van der Waals surface area contributed by atoms with Crippen molar-refractivity contribution < 1.29 is 23.7 Å². The van der Waals surface area contributed by atoms with Crippen molar-refractivity contribution in [3.63, 3.8) is 0 Å². The lowest BCUT2D eigenvalue weighted by atomic mass is 10.2. The van der Waals surface area contributed by atoms with Crippen LogP contribution in [0.3, 0.4) is 0 Å². The number of carbonyl (C=O) groups excluding carboxylic acids is 1. The van der Waals surface area contributed by atoms with Gasteiger partial charge in [-0.3, -0.25) is 4.79 Å². The van der Waals surface area contributed by atoms with Crippen LogP contribution in [0.5, 0.6) is 17.2 Å². The van der Waals surface area contributed by atoms with Crippen molar-refractivity contribution >= 4 is 27.5 Å². The van der Waals surface area contributed by atoms with Gasteiger partial charge in [-0.15, -0.1) is 0 Å². The SMILES string of the molecule is CCOc1cccc2sc(=NC(=O)c3ccc(OC)c(OC)c3)n(CCOC)c12. The molecule has 154 valence electrons. The van der Waals surface area contributed by atoms with Crippen LogP contribution in [0.4, 0.5) is 0 Å². The summed E-state index contributed by atoms with van der Waals surface area (Å²) in [7, 11) is 4.73. The summed E-state index contributed by atoms with van der Waals surface area (Å²) in [4.78, 5) is 17.8. The molecule has 0 spiro atoms. The number of nitrogens with zero attached hydrogens (tertiary/aromatic N) is 2. The Morgan fingerprint density at radius 2 is 1.86 bits per heavy atom. The lowest BCUT2D eigenvalue weighted by Crippen LogP contribution is -2.19. The molecule has 3 rings (SSSR count). The number of aromatic nitrogens is 1. The second-order valence-corrected chi connectivity index (χ2v) is 7.06. The molecule has 0 saturated heterocycles. The summed E-state index contributed by atoms with van der Waals surface area (Å²) in [5.41, 5.74) is 1.33. The monoisotopic (exact) mass is 416 g/mol. The van der Waals surface area contributed by atoms with Gasteiger partial charge in [-0.2, -0.15) is 4.99 Å². The molecule has 1 heterocycles. The normalized spacial score (nSPS) is 11.7. The maximum Gasteiger partial charge on any atom is 0.279 e. The van der Waals surface area contributed by atoms with E-state index in [2.05, 4.69) is 4.99 Å². The van der Waals surface area contributed by atoms with Gasteiger partial charge in [0.25, 0.3) is 5.91 Å². The molecule has 0 aliphatic carbocycles. The highest BCUT2D eigenvalue weighted by Gasteiger charge is 2.14. The van der Waals surface area contributed by atoms with E-state index in [4.69, 9.17) is 18.9 Å². The summed E-state index contributed by atoms with van der Waals surface area (Å²) >= 11 is 1.44. The zero-order valence-corrected chi connectivity index (χ0v) is 17.7. The van der Waals surface area contributed by atoms with Gasteiger partial charge < -0.3 is 23.5 Å². The number of hydrogen-bond donors (Lipinski definition) is 0. The van der Waals surface area contributed by atoms with Crippen LogP contribution in [-0.2, 0) is 11.3 Å². The van der Waals surface area contributed by atoms with Gasteiger partial charge in [0.15, 0.2) is 16.3 Å². The number of carbonyl (C=O) groups is 1. The van der Waals surface area contributed by atoms with Crippen molar-refractivity contribution in [3.8, 4) is 17.2 Å². The molecule has 0 radical (unpaired) electrons. The Bertz CT molecular complexity index is 1070. The fourth-order valence-electron chi connectivity index (χ4n) is 2.97. The first-order valence-electron chi connectivity index (χ1n) is 9.18. The third kappa shape index (κ3) is 4.44. The number of fused-ring (bicyclic) bond motifs is 1. The predicted octanol–water partition coefficient (Wildman–Crippen LogP) is 3.51. The second-order valence-electron chi connectivity index (χ2n) is 6.05. The molecule has 8 heteroatoms. The maximum atomic E-state index is 12.9. The minimum absolute atomic E-state index is 0.360. The summed E-state index contributed by atoms with van der Waals surface area (Å²) in [6, 6.07) is 10.8. The smallest absolute Gasteiger partial charge is 0.279 e. The number of amides is 1. The van der Waals surface area contributed by atoms with Crippen LogP contribution in [-0.4, -0.2) is 45.0 Å². The third-order valence-corrected chi connectivity index (χ3v) is 5.35. The van der Waals surface area contributed by atoms with Gasteiger partial charge >= 0.3 is 0 Å². The van der Waals surface area contributed by atoms with Gasteiger partial charge in [-0.25, -0.2) is 0 Å². The van der Waals surface area contributed by atoms with Crippen molar-refractivity contribution in [2.24, 2.45) is 4.99 Å². The number of ether oxygens (including phenoxy) is 4. The highest BCUT2D eigenvalue weighted by atomic mass is 32.1. The number of hydrogen-bond acceptors (Lipinski definition) is 6. The molecule has 0 saturated carbocycles. The summed E-state index contributed by atoms with van der Waals surface area (Å²) < 4.78 is 24.5. The van der Waals surface area contributed by atoms with Crippen molar-refractivity contribution in [1.29, 1.82) is 0 Å². The van der Waals surface area contributed by atoms with Crippen LogP contribution in [0, 0.1) is 0 Å². The zero-order chi connectivity index (χ0) is 20.8. The quantitative estimate of drug-likeness (QED) is 0.562. The van der Waals surface area contributed by atoms with Crippen LogP contribution >= 0.6 is 11.3 Å². The summed E-state index contributed by atoms with van der Waals surface area (Å²) in [6.45, 7) is 3.54. The molecule has 0 aliphatic heterocycles. The van der Waals surface area contributed by atoms with Gasteiger partial charge in [0, 0.05) is 19.2 Å².